The van der Waals surface area contributed by atoms with Crippen LogP contribution in [0.25, 0.3) is 0 Å². The summed E-state index contributed by atoms with van der Waals surface area (Å²) in [5.74, 6) is 1.05. The topological polar surface area (TPSA) is 46.2 Å². The summed E-state index contributed by atoms with van der Waals surface area (Å²) in [5, 5.41) is 3.18. The molecule has 1 N–H and O–H groups in total. The van der Waals surface area contributed by atoms with Crippen LogP contribution in [-0.2, 0) is 9.84 Å². The fourth-order valence-corrected chi connectivity index (χ4v) is 5.00. The summed E-state index contributed by atoms with van der Waals surface area (Å²) in [6.45, 7) is 8.75. The molecule has 0 aliphatic heterocycles. The van der Waals surface area contributed by atoms with Gasteiger partial charge in [-0.1, -0.05) is 40.0 Å². The largest absolute Gasteiger partial charge is 0.313 e. The molecule has 0 radical (unpaired) electrons. The molecule has 3 nitrogen and oxygen atoms in total. The lowest BCUT2D eigenvalue weighted by Gasteiger charge is -2.32. The molecule has 1 saturated carbocycles. The van der Waals surface area contributed by atoms with Crippen molar-refractivity contribution < 1.29 is 8.42 Å². The Bertz CT molecular complexity index is 345. The standard InChI is InChI=1S/C15H31NO2S/c1-5-16-15(14-9-7-6-8-10-14)11-19(17,18)13(4)12(2)3/h12-16H,5-11H2,1-4H3. The molecule has 19 heavy (non-hydrogen) atoms. The van der Waals surface area contributed by atoms with Crippen molar-refractivity contribution in [3.63, 3.8) is 0 Å². The van der Waals surface area contributed by atoms with Gasteiger partial charge in [0.05, 0.1) is 11.0 Å². The Morgan fingerprint density at radius 3 is 2.16 bits per heavy atom. The zero-order chi connectivity index (χ0) is 14.5. The molecule has 1 aliphatic rings. The van der Waals surface area contributed by atoms with Crippen molar-refractivity contribution in [3.8, 4) is 0 Å². The second kappa shape index (κ2) is 7.63. The van der Waals surface area contributed by atoms with Crippen LogP contribution in [0.1, 0.15) is 59.8 Å². The highest BCUT2D eigenvalue weighted by Crippen LogP contribution is 2.28. The first-order valence-electron chi connectivity index (χ1n) is 7.83. The van der Waals surface area contributed by atoms with E-state index in [1.807, 2.05) is 20.8 Å². The summed E-state index contributed by atoms with van der Waals surface area (Å²) in [4.78, 5) is 0. The molecule has 0 bridgehead atoms. The molecule has 1 fully saturated rings. The number of sulfone groups is 1. The number of nitrogens with one attached hydrogen (secondary N) is 1. The fourth-order valence-electron chi connectivity index (χ4n) is 2.98. The maximum atomic E-state index is 12.5. The van der Waals surface area contributed by atoms with E-state index in [-0.39, 0.29) is 17.2 Å². The number of rotatable bonds is 7. The first-order chi connectivity index (χ1) is 8.88. The lowest BCUT2D eigenvalue weighted by molar-refractivity contribution is 0.285. The van der Waals surface area contributed by atoms with Gasteiger partial charge in [-0.2, -0.15) is 0 Å². The Morgan fingerprint density at radius 1 is 1.11 bits per heavy atom. The average Bonchev–Trinajstić information content (AvgIpc) is 2.38. The van der Waals surface area contributed by atoms with Crippen LogP contribution >= 0.6 is 0 Å². The fraction of sp³-hybridized carbons (Fsp3) is 1.00. The quantitative estimate of drug-likeness (QED) is 0.783. The van der Waals surface area contributed by atoms with Gasteiger partial charge in [-0.05, 0) is 38.1 Å². The summed E-state index contributed by atoms with van der Waals surface area (Å²) < 4.78 is 24.9. The van der Waals surface area contributed by atoms with Crippen LogP contribution in [0.4, 0.5) is 0 Å². The number of hydrogen-bond acceptors (Lipinski definition) is 3. The minimum atomic E-state index is -2.99. The SMILES string of the molecule is CCNC(CS(=O)(=O)C(C)C(C)C)C1CCCCC1. The maximum Gasteiger partial charge on any atom is 0.154 e. The van der Waals surface area contributed by atoms with Crippen LogP contribution in [0.15, 0.2) is 0 Å². The Balaban J connectivity index is 2.71. The Morgan fingerprint density at radius 2 is 1.68 bits per heavy atom. The molecular weight excluding hydrogens is 258 g/mol. The zero-order valence-corrected chi connectivity index (χ0v) is 13.8. The van der Waals surface area contributed by atoms with Crippen LogP contribution in [0, 0.1) is 11.8 Å². The summed E-state index contributed by atoms with van der Waals surface area (Å²) >= 11 is 0. The lowest BCUT2D eigenvalue weighted by Crippen LogP contribution is -2.44. The zero-order valence-electron chi connectivity index (χ0n) is 13.0. The Kier molecular flexibility index (Phi) is 6.81. The van der Waals surface area contributed by atoms with Crippen LogP contribution < -0.4 is 5.32 Å². The molecule has 2 unspecified atom stereocenters. The maximum absolute atomic E-state index is 12.5. The first-order valence-corrected chi connectivity index (χ1v) is 9.55. The number of hydrogen-bond donors (Lipinski definition) is 1. The van der Waals surface area contributed by atoms with E-state index in [9.17, 15) is 8.42 Å². The minimum Gasteiger partial charge on any atom is -0.313 e. The van der Waals surface area contributed by atoms with Crippen molar-refractivity contribution in [2.24, 2.45) is 11.8 Å². The highest BCUT2D eigenvalue weighted by Gasteiger charge is 2.31. The third kappa shape index (κ3) is 5.07. The molecule has 4 heteroatoms. The van der Waals surface area contributed by atoms with Gasteiger partial charge < -0.3 is 5.32 Å². The molecule has 0 heterocycles. The predicted octanol–water partition coefficient (Wildman–Crippen LogP) is 3.00. The monoisotopic (exact) mass is 289 g/mol. The summed E-state index contributed by atoms with van der Waals surface area (Å²) in [5.41, 5.74) is 0. The van der Waals surface area contributed by atoms with Crippen molar-refractivity contribution >= 4 is 9.84 Å². The van der Waals surface area contributed by atoms with E-state index in [0.717, 1.165) is 6.54 Å². The summed E-state index contributed by atoms with van der Waals surface area (Å²) in [6.07, 6.45) is 6.19. The molecule has 0 aromatic heterocycles. The van der Waals surface area contributed by atoms with Gasteiger partial charge in [-0.15, -0.1) is 0 Å². The highest BCUT2D eigenvalue weighted by molar-refractivity contribution is 7.92. The molecule has 0 saturated heterocycles. The third-order valence-electron chi connectivity index (χ3n) is 4.60. The van der Waals surface area contributed by atoms with Crippen molar-refractivity contribution in [2.75, 3.05) is 12.3 Å². The van der Waals surface area contributed by atoms with Crippen molar-refractivity contribution in [2.45, 2.75) is 71.1 Å². The van der Waals surface area contributed by atoms with Crippen LogP contribution in [0.5, 0.6) is 0 Å². The Hall–Kier alpha value is -0.0900. The van der Waals surface area contributed by atoms with Crippen LogP contribution in [0.3, 0.4) is 0 Å². The van der Waals surface area contributed by atoms with Crippen molar-refractivity contribution in [1.82, 2.24) is 5.32 Å². The van der Waals surface area contributed by atoms with E-state index in [4.69, 9.17) is 0 Å². The second-order valence-electron chi connectivity index (χ2n) is 6.34. The smallest absolute Gasteiger partial charge is 0.154 e. The van der Waals surface area contributed by atoms with Gasteiger partial charge >= 0.3 is 0 Å². The van der Waals surface area contributed by atoms with E-state index in [0.29, 0.717) is 11.7 Å². The summed E-state index contributed by atoms with van der Waals surface area (Å²) in [7, 11) is -2.99. The molecule has 1 rings (SSSR count). The van der Waals surface area contributed by atoms with Gasteiger partial charge in [0.25, 0.3) is 0 Å². The van der Waals surface area contributed by atoms with Gasteiger partial charge in [-0.3, -0.25) is 0 Å². The van der Waals surface area contributed by atoms with Crippen LogP contribution in [-0.4, -0.2) is 32.0 Å². The van der Waals surface area contributed by atoms with E-state index in [1.165, 1.54) is 32.1 Å². The van der Waals surface area contributed by atoms with Gasteiger partial charge in [-0.25, -0.2) is 8.42 Å². The van der Waals surface area contributed by atoms with Crippen molar-refractivity contribution in [3.05, 3.63) is 0 Å². The van der Waals surface area contributed by atoms with Gasteiger partial charge in [0.1, 0.15) is 0 Å². The molecule has 0 aromatic rings. The molecule has 0 amide bonds. The minimum absolute atomic E-state index is 0.150. The normalized spacial score (nSPS) is 21.5. The van der Waals surface area contributed by atoms with Crippen molar-refractivity contribution in [1.29, 1.82) is 0 Å². The predicted molar refractivity (Wildman–Crippen MR) is 82.1 cm³/mol. The first kappa shape index (κ1) is 17.0. The molecule has 0 spiro atoms. The lowest BCUT2D eigenvalue weighted by atomic mass is 9.84. The van der Waals surface area contributed by atoms with Gasteiger partial charge in [0.2, 0.25) is 0 Å². The van der Waals surface area contributed by atoms with Crippen LogP contribution in [0.2, 0.25) is 0 Å². The van der Waals surface area contributed by atoms with E-state index >= 15 is 0 Å². The Labute approximate surface area is 119 Å². The molecular formula is C15H31NO2S. The molecule has 0 aromatic carbocycles. The average molecular weight is 289 g/mol. The van der Waals surface area contributed by atoms with Gasteiger partial charge in [0.15, 0.2) is 9.84 Å². The third-order valence-corrected chi connectivity index (χ3v) is 7.10. The second-order valence-corrected chi connectivity index (χ2v) is 8.74. The van der Waals surface area contributed by atoms with Gasteiger partial charge in [0, 0.05) is 6.04 Å². The van der Waals surface area contributed by atoms with E-state index in [2.05, 4.69) is 12.2 Å². The molecule has 1 aliphatic carbocycles. The van der Waals surface area contributed by atoms with E-state index in [1.54, 1.807) is 0 Å². The highest BCUT2D eigenvalue weighted by atomic mass is 32.2. The molecule has 114 valence electrons. The summed E-state index contributed by atoms with van der Waals surface area (Å²) in [6, 6.07) is 0.150. The van der Waals surface area contributed by atoms with E-state index < -0.39 is 9.84 Å². The molecule has 2 atom stereocenters.